The Bertz CT molecular complexity index is 430. The second kappa shape index (κ2) is 5.74. The molecule has 4 heteroatoms. The lowest BCUT2D eigenvalue weighted by Gasteiger charge is -2.42. The van der Waals surface area contributed by atoms with Gasteiger partial charge < -0.3 is 10.6 Å². The summed E-state index contributed by atoms with van der Waals surface area (Å²) in [5, 5.41) is 5.75. The summed E-state index contributed by atoms with van der Waals surface area (Å²) in [5.74, 6) is 0. The van der Waals surface area contributed by atoms with Crippen LogP contribution in [0.4, 0.5) is 4.79 Å². The third-order valence-electron chi connectivity index (χ3n) is 3.67. The van der Waals surface area contributed by atoms with Crippen LogP contribution in [-0.4, -0.2) is 19.1 Å². The van der Waals surface area contributed by atoms with Crippen molar-refractivity contribution in [2.45, 2.75) is 31.6 Å². The van der Waals surface area contributed by atoms with E-state index in [4.69, 9.17) is 0 Å². The zero-order chi connectivity index (χ0) is 13.0. The Labute approximate surface area is 116 Å². The quantitative estimate of drug-likeness (QED) is 0.881. The predicted molar refractivity (Wildman–Crippen MR) is 76.7 cm³/mol. The third kappa shape index (κ3) is 2.86. The largest absolute Gasteiger partial charge is 0.338 e. The molecule has 3 nitrogen and oxygen atoms in total. The number of urea groups is 1. The fourth-order valence-electron chi connectivity index (χ4n) is 2.46. The first kappa shape index (κ1) is 13.4. The molecule has 1 aliphatic carbocycles. The smallest absolute Gasteiger partial charge is 0.314 e. The van der Waals surface area contributed by atoms with E-state index in [1.807, 2.05) is 13.0 Å². The van der Waals surface area contributed by atoms with Crippen LogP contribution >= 0.6 is 15.9 Å². The normalized spacial score (nSPS) is 16.8. The van der Waals surface area contributed by atoms with Gasteiger partial charge in [-0.3, -0.25) is 0 Å². The lowest BCUT2D eigenvalue weighted by Crippen LogP contribution is -2.48. The minimum Gasteiger partial charge on any atom is -0.338 e. The maximum Gasteiger partial charge on any atom is 0.314 e. The van der Waals surface area contributed by atoms with E-state index in [9.17, 15) is 4.79 Å². The van der Waals surface area contributed by atoms with Crippen LogP contribution in [0.2, 0.25) is 0 Å². The van der Waals surface area contributed by atoms with Gasteiger partial charge in [0.1, 0.15) is 0 Å². The second-order valence-corrected chi connectivity index (χ2v) is 5.77. The molecule has 0 spiro atoms. The number of carbonyl (C=O) groups is 1. The molecule has 1 saturated carbocycles. The third-order valence-corrected chi connectivity index (χ3v) is 4.17. The highest BCUT2D eigenvalue weighted by Crippen LogP contribution is 2.43. The van der Waals surface area contributed by atoms with Crippen molar-refractivity contribution in [1.82, 2.24) is 10.6 Å². The maximum atomic E-state index is 11.5. The molecule has 1 fully saturated rings. The van der Waals surface area contributed by atoms with E-state index in [1.165, 1.54) is 12.0 Å². The molecule has 2 rings (SSSR count). The predicted octanol–water partition coefficient (Wildman–Crippen LogP) is 3.19. The van der Waals surface area contributed by atoms with Crippen molar-refractivity contribution in [3.8, 4) is 0 Å². The van der Waals surface area contributed by atoms with E-state index in [-0.39, 0.29) is 11.4 Å². The maximum absolute atomic E-state index is 11.5. The molecular formula is C14H19BrN2O. The van der Waals surface area contributed by atoms with Crippen molar-refractivity contribution in [2.75, 3.05) is 13.1 Å². The molecule has 1 aromatic carbocycles. The van der Waals surface area contributed by atoms with E-state index >= 15 is 0 Å². The monoisotopic (exact) mass is 310 g/mol. The van der Waals surface area contributed by atoms with Gasteiger partial charge in [-0.15, -0.1) is 0 Å². The summed E-state index contributed by atoms with van der Waals surface area (Å²) in [7, 11) is 0. The highest BCUT2D eigenvalue weighted by molar-refractivity contribution is 9.10. The molecule has 0 heterocycles. The SMILES string of the molecule is CCNC(=O)NCC1(c2cccc(Br)c2)CCC1. The number of hydrogen-bond donors (Lipinski definition) is 2. The number of rotatable bonds is 4. The molecule has 1 aromatic rings. The van der Waals surface area contributed by atoms with Gasteiger partial charge >= 0.3 is 6.03 Å². The molecule has 98 valence electrons. The Morgan fingerprint density at radius 2 is 2.17 bits per heavy atom. The number of nitrogens with one attached hydrogen (secondary N) is 2. The minimum absolute atomic E-state index is 0.0706. The fourth-order valence-corrected chi connectivity index (χ4v) is 2.86. The average molecular weight is 311 g/mol. The number of carbonyl (C=O) groups excluding carboxylic acids is 1. The molecule has 0 atom stereocenters. The molecule has 0 aromatic heterocycles. The lowest BCUT2D eigenvalue weighted by atomic mass is 9.64. The van der Waals surface area contributed by atoms with Crippen molar-refractivity contribution in [1.29, 1.82) is 0 Å². The van der Waals surface area contributed by atoms with Crippen LogP contribution in [0.3, 0.4) is 0 Å². The highest BCUT2D eigenvalue weighted by atomic mass is 79.9. The summed E-state index contributed by atoms with van der Waals surface area (Å²) in [4.78, 5) is 11.5. The van der Waals surface area contributed by atoms with Gasteiger partial charge in [0.25, 0.3) is 0 Å². The minimum atomic E-state index is -0.0706. The molecule has 0 aliphatic heterocycles. The molecule has 0 unspecified atom stereocenters. The van der Waals surface area contributed by atoms with Crippen molar-refractivity contribution < 1.29 is 4.79 Å². The van der Waals surface area contributed by atoms with E-state index < -0.39 is 0 Å². The topological polar surface area (TPSA) is 41.1 Å². The van der Waals surface area contributed by atoms with Crippen LogP contribution in [0.1, 0.15) is 31.7 Å². The molecule has 0 saturated heterocycles. The van der Waals surface area contributed by atoms with Gasteiger partial charge in [0.2, 0.25) is 0 Å². The van der Waals surface area contributed by atoms with Crippen LogP contribution in [0.15, 0.2) is 28.7 Å². The molecule has 1 aliphatic rings. The molecule has 18 heavy (non-hydrogen) atoms. The Morgan fingerprint density at radius 3 is 2.72 bits per heavy atom. The number of benzene rings is 1. The van der Waals surface area contributed by atoms with Gasteiger partial charge in [-0.25, -0.2) is 4.79 Å². The number of hydrogen-bond acceptors (Lipinski definition) is 1. The van der Waals surface area contributed by atoms with E-state index in [0.717, 1.165) is 23.9 Å². The van der Waals surface area contributed by atoms with Gasteiger partial charge in [0, 0.05) is 23.0 Å². The van der Waals surface area contributed by atoms with Crippen LogP contribution in [-0.2, 0) is 5.41 Å². The van der Waals surface area contributed by atoms with Crippen molar-refractivity contribution in [2.24, 2.45) is 0 Å². The lowest BCUT2D eigenvalue weighted by molar-refractivity contribution is 0.215. The van der Waals surface area contributed by atoms with Crippen LogP contribution in [0.25, 0.3) is 0 Å². The molecule has 0 bridgehead atoms. The Morgan fingerprint density at radius 1 is 1.39 bits per heavy atom. The highest BCUT2D eigenvalue weighted by Gasteiger charge is 2.38. The van der Waals surface area contributed by atoms with Crippen molar-refractivity contribution in [3.63, 3.8) is 0 Å². The zero-order valence-electron chi connectivity index (χ0n) is 10.6. The zero-order valence-corrected chi connectivity index (χ0v) is 12.2. The van der Waals surface area contributed by atoms with Crippen LogP contribution < -0.4 is 10.6 Å². The first-order chi connectivity index (χ1) is 8.66. The summed E-state index contributed by atoms with van der Waals surface area (Å²) in [5.41, 5.74) is 1.45. The van der Waals surface area contributed by atoms with Crippen molar-refractivity contribution in [3.05, 3.63) is 34.3 Å². The van der Waals surface area contributed by atoms with E-state index in [2.05, 4.69) is 44.8 Å². The summed E-state index contributed by atoms with van der Waals surface area (Å²) in [6.45, 7) is 3.30. The van der Waals surface area contributed by atoms with Gasteiger partial charge in [-0.05, 0) is 37.5 Å². The average Bonchev–Trinajstić information content (AvgIpc) is 2.28. The van der Waals surface area contributed by atoms with Gasteiger partial charge in [-0.2, -0.15) is 0 Å². The van der Waals surface area contributed by atoms with E-state index in [0.29, 0.717) is 6.54 Å². The molecular weight excluding hydrogens is 292 g/mol. The Kier molecular flexibility index (Phi) is 4.27. The first-order valence-corrected chi connectivity index (χ1v) is 7.23. The summed E-state index contributed by atoms with van der Waals surface area (Å²) in [6, 6.07) is 8.35. The van der Waals surface area contributed by atoms with Gasteiger partial charge in [0.15, 0.2) is 0 Å². The number of halogens is 1. The fraction of sp³-hybridized carbons (Fsp3) is 0.500. The first-order valence-electron chi connectivity index (χ1n) is 6.44. The molecule has 0 radical (unpaired) electrons. The summed E-state index contributed by atoms with van der Waals surface area (Å²) < 4.78 is 1.10. The van der Waals surface area contributed by atoms with Gasteiger partial charge in [0.05, 0.1) is 0 Å². The molecule has 2 amide bonds. The Balaban J connectivity index is 2.04. The number of amides is 2. The van der Waals surface area contributed by atoms with Crippen molar-refractivity contribution >= 4 is 22.0 Å². The summed E-state index contributed by atoms with van der Waals surface area (Å²) >= 11 is 3.51. The Hall–Kier alpha value is -1.03. The van der Waals surface area contributed by atoms with Gasteiger partial charge in [-0.1, -0.05) is 34.5 Å². The standard InChI is InChI=1S/C14H19BrN2O/c1-2-16-13(18)17-10-14(7-4-8-14)11-5-3-6-12(15)9-11/h3,5-6,9H,2,4,7-8,10H2,1H3,(H2,16,17,18). The second-order valence-electron chi connectivity index (χ2n) is 4.86. The van der Waals surface area contributed by atoms with Crippen LogP contribution in [0.5, 0.6) is 0 Å². The van der Waals surface area contributed by atoms with E-state index in [1.54, 1.807) is 0 Å². The summed E-state index contributed by atoms with van der Waals surface area (Å²) in [6.07, 6.45) is 3.54. The van der Waals surface area contributed by atoms with Crippen LogP contribution in [0, 0.1) is 0 Å². The molecule has 2 N–H and O–H groups in total.